The van der Waals surface area contributed by atoms with E-state index in [9.17, 15) is 9.35 Å². The van der Waals surface area contributed by atoms with E-state index in [1.54, 1.807) is 6.07 Å². The minimum absolute atomic E-state index is 0.0407. The highest BCUT2D eigenvalue weighted by atomic mass is 32.2. The maximum Gasteiger partial charge on any atom is 0.338 e. The van der Waals surface area contributed by atoms with Crippen molar-refractivity contribution in [2.24, 2.45) is 0 Å². The molecule has 5 heteroatoms. The van der Waals surface area contributed by atoms with Crippen LogP contribution in [0.3, 0.4) is 0 Å². The average Bonchev–Trinajstić information content (AvgIpc) is 2.69. The Morgan fingerprint density at radius 3 is 2.74 bits per heavy atom. The van der Waals surface area contributed by atoms with Crippen molar-refractivity contribution in [1.29, 1.82) is 0 Å². The van der Waals surface area contributed by atoms with Gasteiger partial charge in [-0.05, 0) is 45.4 Å². The van der Waals surface area contributed by atoms with Crippen molar-refractivity contribution in [2.45, 2.75) is 45.1 Å². The summed E-state index contributed by atoms with van der Waals surface area (Å²) in [5.74, 6) is -0.263. The summed E-state index contributed by atoms with van der Waals surface area (Å²) in [6, 6.07) is 5.56. The number of nitrogens with one attached hydrogen (secondary N) is 1. The molecule has 2 rings (SSSR count). The maximum atomic E-state index is 12.1. The molecule has 1 aromatic carbocycles. The van der Waals surface area contributed by atoms with E-state index in [0.29, 0.717) is 12.2 Å². The number of carbonyl (C=O) groups is 1. The van der Waals surface area contributed by atoms with Gasteiger partial charge in [0, 0.05) is 16.9 Å². The minimum Gasteiger partial charge on any atom is -0.598 e. The predicted octanol–water partition coefficient (Wildman–Crippen LogP) is 2.47. The summed E-state index contributed by atoms with van der Waals surface area (Å²) in [6.45, 7) is 8.08. The van der Waals surface area contributed by atoms with Crippen LogP contribution >= 0.6 is 0 Å². The van der Waals surface area contributed by atoms with Crippen molar-refractivity contribution in [1.82, 2.24) is 4.72 Å². The van der Waals surface area contributed by atoms with E-state index in [4.69, 9.17) is 4.74 Å². The van der Waals surface area contributed by atoms with Crippen LogP contribution in [-0.2, 0) is 22.7 Å². The van der Waals surface area contributed by atoms with Gasteiger partial charge in [0.1, 0.15) is 11.4 Å². The average molecular weight is 281 g/mol. The van der Waals surface area contributed by atoms with Gasteiger partial charge >= 0.3 is 5.97 Å². The summed E-state index contributed by atoms with van der Waals surface area (Å²) < 4.78 is 19.8. The summed E-state index contributed by atoms with van der Waals surface area (Å²) in [5.41, 5.74) is 2.54. The molecule has 0 aromatic heterocycles. The molecule has 0 aliphatic carbocycles. The highest BCUT2D eigenvalue weighted by Crippen LogP contribution is 2.25. The fourth-order valence-corrected chi connectivity index (χ4v) is 2.64. The molecular weight excluding hydrogens is 262 g/mol. The van der Waals surface area contributed by atoms with Crippen LogP contribution in [0, 0.1) is 0 Å². The molecule has 0 saturated heterocycles. The van der Waals surface area contributed by atoms with E-state index in [1.165, 1.54) is 0 Å². The molecule has 0 radical (unpaired) electrons. The molecule has 4 nitrogen and oxygen atoms in total. The van der Waals surface area contributed by atoms with Gasteiger partial charge in [-0.3, -0.25) is 0 Å². The Bertz CT molecular complexity index is 496. The molecule has 1 unspecified atom stereocenters. The van der Waals surface area contributed by atoms with Crippen molar-refractivity contribution in [3.05, 3.63) is 34.9 Å². The Balaban J connectivity index is 2.13. The fourth-order valence-electron chi connectivity index (χ4n) is 1.83. The van der Waals surface area contributed by atoms with Crippen LogP contribution in [0.25, 0.3) is 0 Å². The number of benzene rings is 1. The normalized spacial score (nSPS) is 17.8. The van der Waals surface area contributed by atoms with Crippen LogP contribution in [0.2, 0.25) is 0 Å². The quantitative estimate of drug-likeness (QED) is 0.683. The van der Waals surface area contributed by atoms with E-state index < -0.39 is 11.4 Å². The van der Waals surface area contributed by atoms with Crippen LogP contribution in [0.15, 0.2) is 18.2 Å². The van der Waals surface area contributed by atoms with Gasteiger partial charge in [0.25, 0.3) is 0 Å². The molecule has 0 fully saturated rings. The van der Waals surface area contributed by atoms with Gasteiger partial charge in [-0.25, -0.2) is 4.79 Å². The van der Waals surface area contributed by atoms with E-state index in [-0.39, 0.29) is 16.8 Å². The third-order valence-electron chi connectivity index (χ3n) is 3.05. The van der Waals surface area contributed by atoms with Gasteiger partial charge in [-0.1, -0.05) is 6.07 Å². The Labute approximate surface area is 116 Å². The molecule has 0 saturated carbocycles. The molecule has 0 amide bonds. The lowest BCUT2D eigenvalue weighted by atomic mass is 10.0. The zero-order valence-electron chi connectivity index (χ0n) is 11.6. The van der Waals surface area contributed by atoms with Crippen LogP contribution in [0.1, 0.15) is 55.2 Å². The number of fused-ring (bicyclic) bond motifs is 1. The van der Waals surface area contributed by atoms with Gasteiger partial charge < -0.3 is 9.29 Å². The van der Waals surface area contributed by atoms with E-state index >= 15 is 0 Å². The zero-order valence-corrected chi connectivity index (χ0v) is 12.5. The lowest BCUT2D eigenvalue weighted by Gasteiger charge is -2.26. The van der Waals surface area contributed by atoms with Gasteiger partial charge in [-0.15, -0.1) is 4.72 Å². The van der Waals surface area contributed by atoms with Crippen molar-refractivity contribution < 1.29 is 14.1 Å². The largest absolute Gasteiger partial charge is 0.598 e. The lowest BCUT2D eigenvalue weighted by molar-refractivity contribution is 0.0535. The number of hydrogen-bond acceptors (Lipinski definition) is 4. The van der Waals surface area contributed by atoms with E-state index in [1.807, 2.05) is 39.8 Å². The lowest BCUT2D eigenvalue weighted by Crippen LogP contribution is -2.40. The Hall–Kier alpha value is -1.04. The van der Waals surface area contributed by atoms with Crippen molar-refractivity contribution >= 4 is 17.3 Å². The highest BCUT2D eigenvalue weighted by Gasteiger charge is 2.29. The number of ether oxygens (including phenoxy) is 1. The molecule has 2 atom stereocenters. The predicted molar refractivity (Wildman–Crippen MR) is 75.0 cm³/mol. The molecular formula is C14H19NO3S. The third-order valence-corrected chi connectivity index (χ3v) is 4.73. The first-order valence-corrected chi connectivity index (χ1v) is 7.42. The van der Waals surface area contributed by atoms with Crippen LogP contribution in [0.4, 0.5) is 0 Å². The molecule has 1 aliphatic heterocycles. The SMILES string of the molecule is CC(N[S@@+]([O-])C(C)(C)C)c1ccc2c(c1)COC2=O. The standard InChI is InChI=1S/C14H19NO3S/c1-9(15-19(17)14(2,3)4)10-5-6-12-11(7-10)8-18-13(12)16/h5-7,9,15H,8H2,1-4H3/t9?,19-/m0/s1. The van der Waals surface area contributed by atoms with Gasteiger partial charge in [0.05, 0.1) is 11.6 Å². The highest BCUT2D eigenvalue weighted by molar-refractivity contribution is 7.90. The zero-order chi connectivity index (χ0) is 14.2. The van der Waals surface area contributed by atoms with E-state index in [0.717, 1.165) is 11.1 Å². The maximum absolute atomic E-state index is 12.1. The molecule has 0 bridgehead atoms. The number of cyclic esters (lactones) is 1. The summed E-state index contributed by atoms with van der Waals surface area (Å²) in [6.07, 6.45) is 0. The van der Waals surface area contributed by atoms with Gasteiger partial charge in [0.2, 0.25) is 0 Å². The second-order valence-corrected chi connectivity index (χ2v) is 7.71. The van der Waals surface area contributed by atoms with Crippen molar-refractivity contribution in [3.63, 3.8) is 0 Å². The molecule has 0 spiro atoms. The first kappa shape index (κ1) is 14.4. The molecule has 1 aromatic rings. The van der Waals surface area contributed by atoms with Crippen LogP contribution < -0.4 is 4.72 Å². The Morgan fingerprint density at radius 1 is 1.42 bits per heavy atom. The molecule has 1 N–H and O–H groups in total. The monoisotopic (exact) mass is 281 g/mol. The van der Waals surface area contributed by atoms with Crippen molar-refractivity contribution in [3.8, 4) is 0 Å². The van der Waals surface area contributed by atoms with E-state index in [2.05, 4.69) is 4.72 Å². The minimum atomic E-state index is -1.12. The Morgan fingerprint density at radius 2 is 2.11 bits per heavy atom. The summed E-state index contributed by atoms with van der Waals surface area (Å²) in [5, 5.41) is 0. The number of hydrogen-bond donors (Lipinski definition) is 1. The van der Waals surface area contributed by atoms with Gasteiger partial charge in [0.15, 0.2) is 0 Å². The molecule has 104 valence electrons. The number of esters is 1. The number of rotatable bonds is 3. The number of carbonyl (C=O) groups excluding carboxylic acids is 1. The third kappa shape index (κ3) is 3.11. The first-order valence-electron chi connectivity index (χ1n) is 6.27. The summed E-state index contributed by atoms with van der Waals surface area (Å²) >= 11 is -1.12. The Kier molecular flexibility index (Phi) is 3.90. The second-order valence-electron chi connectivity index (χ2n) is 5.71. The first-order chi connectivity index (χ1) is 8.79. The van der Waals surface area contributed by atoms with Crippen LogP contribution in [0.5, 0.6) is 0 Å². The smallest absolute Gasteiger partial charge is 0.338 e. The molecule has 19 heavy (non-hydrogen) atoms. The fraction of sp³-hybridized carbons (Fsp3) is 0.500. The molecule has 1 heterocycles. The summed E-state index contributed by atoms with van der Waals surface area (Å²) in [7, 11) is 0. The summed E-state index contributed by atoms with van der Waals surface area (Å²) in [4.78, 5) is 11.4. The van der Waals surface area contributed by atoms with Crippen molar-refractivity contribution in [2.75, 3.05) is 0 Å². The molecule has 1 aliphatic rings. The van der Waals surface area contributed by atoms with Crippen LogP contribution in [-0.4, -0.2) is 15.3 Å². The second kappa shape index (κ2) is 5.15. The van der Waals surface area contributed by atoms with Gasteiger partial charge in [-0.2, -0.15) is 0 Å². The topological polar surface area (TPSA) is 61.4 Å².